The van der Waals surface area contributed by atoms with Gasteiger partial charge in [0.25, 0.3) is 10.0 Å². The highest BCUT2D eigenvalue weighted by Gasteiger charge is 2.29. The van der Waals surface area contributed by atoms with Gasteiger partial charge in [0, 0.05) is 11.4 Å². The lowest BCUT2D eigenvalue weighted by atomic mass is 10.1. The van der Waals surface area contributed by atoms with Crippen LogP contribution < -0.4 is 19.1 Å². The largest absolute Gasteiger partial charge is 0.494 e. The molecular weight excluding hydrogens is 514 g/mol. The minimum atomic E-state index is -3.87. The topological polar surface area (TPSA) is 122 Å². The monoisotopic (exact) mass is 545 g/mol. The molecule has 37 heavy (non-hydrogen) atoms. The van der Waals surface area contributed by atoms with Gasteiger partial charge in [0.05, 0.1) is 23.4 Å². The molecule has 0 fully saturated rings. The van der Waals surface area contributed by atoms with Crippen LogP contribution in [0, 0.1) is 13.8 Å². The first kappa shape index (κ1) is 28.0. The summed E-state index contributed by atoms with van der Waals surface area (Å²) in [5, 5.41) is 2.67. The number of nitrogens with one attached hydrogen (secondary N) is 2. The Hall–Kier alpha value is -3.57. The summed E-state index contributed by atoms with van der Waals surface area (Å²) in [6, 6.07) is 16.4. The predicted octanol–water partition coefficient (Wildman–Crippen LogP) is 4.30. The van der Waals surface area contributed by atoms with Crippen LogP contribution in [0.15, 0.2) is 71.6 Å². The zero-order valence-corrected chi connectivity index (χ0v) is 23.0. The van der Waals surface area contributed by atoms with Crippen molar-refractivity contribution in [2.24, 2.45) is 0 Å². The molecule has 0 bridgehead atoms. The zero-order chi connectivity index (χ0) is 27.4. The van der Waals surface area contributed by atoms with E-state index in [1.807, 2.05) is 26.8 Å². The van der Waals surface area contributed by atoms with Crippen LogP contribution in [0.25, 0.3) is 0 Å². The molecule has 2 N–H and O–H groups in total. The minimum Gasteiger partial charge on any atom is -0.494 e. The molecule has 0 unspecified atom stereocenters. The number of hydrogen-bond donors (Lipinski definition) is 2. The van der Waals surface area contributed by atoms with Gasteiger partial charge in [-0.05, 0) is 99.5 Å². The molecule has 0 aromatic heterocycles. The Bertz CT molecular complexity index is 1450. The van der Waals surface area contributed by atoms with Crippen LogP contribution in [-0.4, -0.2) is 41.6 Å². The molecule has 9 nitrogen and oxygen atoms in total. The van der Waals surface area contributed by atoms with Crippen LogP contribution in [0.2, 0.25) is 0 Å². The summed E-state index contributed by atoms with van der Waals surface area (Å²) in [7, 11) is -7.64. The molecule has 0 heterocycles. The van der Waals surface area contributed by atoms with Gasteiger partial charge in [0.15, 0.2) is 0 Å². The Morgan fingerprint density at radius 3 is 1.95 bits per heavy atom. The Morgan fingerprint density at radius 1 is 0.892 bits per heavy atom. The van der Waals surface area contributed by atoms with E-state index in [4.69, 9.17) is 4.74 Å². The molecule has 0 spiro atoms. The third kappa shape index (κ3) is 7.23. The van der Waals surface area contributed by atoms with Crippen molar-refractivity contribution in [2.75, 3.05) is 27.2 Å². The smallest absolute Gasteiger partial charge is 0.261 e. The number of aryl methyl sites for hydroxylation is 2. The predicted molar refractivity (Wildman–Crippen MR) is 146 cm³/mol. The van der Waals surface area contributed by atoms with Crippen molar-refractivity contribution in [3.63, 3.8) is 0 Å². The summed E-state index contributed by atoms with van der Waals surface area (Å²) >= 11 is 0. The molecule has 0 aliphatic heterocycles. The number of anilines is 3. The van der Waals surface area contributed by atoms with Crippen molar-refractivity contribution in [1.82, 2.24) is 0 Å². The number of amides is 1. The molecule has 0 saturated carbocycles. The van der Waals surface area contributed by atoms with E-state index >= 15 is 0 Å². The highest BCUT2D eigenvalue weighted by atomic mass is 32.2. The first-order valence-electron chi connectivity index (χ1n) is 11.5. The number of sulfonamides is 2. The van der Waals surface area contributed by atoms with Gasteiger partial charge in [-0.1, -0.05) is 6.07 Å². The normalized spacial score (nSPS) is 12.5. The van der Waals surface area contributed by atoms with Gasteiger partial charge in [-0.2, -0.15) is 0 Å². The van der Waals surface area contributed by atoms with E-state index in [1.165, 1.54) is 31.2 Å². The average Bonchev–Trinajstić information content (AvgIpc) is 2.79. The molecular formula is C26H31N3O6S2. The lowest BCUT2D eigenvalue weighted by molar-refractivity contribution is -0.116. The second-order valence-electron chi connectivity index (χ2n) is 8.66. The Kier molecular flexibility index (Phi) is 8.49. The fraction of sp³-hybridized carbons (Fsp3) is 0.269. The molecule has 0 aliphatic rings. The molecule has 11 heteroatoms. The second-order valence-corrected chi connectivity index (χ2v) is 12.2. The van der Waals surface area contributed by atoms with Crippen molar-refractivity contribution >= 4 is 43.0 Å². The number of ether oxygens (including phenoxy) is 1. The summed E-state index contributed by atoms with van der Waals surface area (Å²) in [4.78, 5) is 13.0. The SMILES string of the molecule is CCOc1ccc(NS(=O)(=O)c2ccc(NC(=O)[C@H](C)N(c3cc(C)cc(C)c3)S(C)(=O)=O)cc2)cc1. The fourth-order valence-electron chi connectivity index (χ4n) is 3.85. The standard InChI is InChI=1S/C26H31N3O6S2/c1-6-35-24-11-7-22(8-12-24)28-37(33,34)25-13-9-21(10-14-25)27-26(30)20(4)29(36(5,31)32)23-16-18(2)15-19(3)17-23/h7-17,20,28H,6H2,1-5H3,(H,27,30)/t20-/m0/s1. The number of carbonyl (C=O) groups is 1. The van der Waals surface area contributed by atoms with Crippen LogP contribution in [0.1, 0.15) is 25.0 Å². The molecule has 0 radical (unpaired) electrons. The highest BCUT2D eigenvalue weighted by Crippen LogP contribution is 2.25. The van der Waals surface area contributed by atoms with Gasteiger partial charge < -0.3 is 10.1 Å². The lowest BCUT2D eigenvalue weighted by Crippen LogP contribution is -2.45. The molecule has 3 aromatic rings. The van der Waals surface area contributed by atoms with Crippen molar-refractivity contribution in [3.05, 3.63) is 77.9 Å². The Morgan fingerprint density at radius 2 is 1.43 bits per heavy atom. The van der Waals surface area contributed by atoms with Gasteiger partial charge in [-0.3, -0.25) is 13.8 Å². The lowest BCUT2D eigenvalue weighted by Gasteiger charge is -2.28. The zero-order valence-electron chi connectivity index (χ0n) is 21.3. The quantitative estimate of drug-likeness (QED) is 0.392. The number of rotatable bonds is 10. The maximum absolute atomic E-state index is 13.0. The number of hydrogen-bond acceptors (Lipinski definition) is 6. The number of nitrogens with zero attached hydrogens (tertiary/aromatic N) is 1. The summed E-state index contributed by atoms with van der Waals surface area (Å²) < 4.78 is 59.6. The summed E-state index contributed by atoms with van der Waals surface area (Å²) in [5.41, 5.74) is 2.83. The fourth-order valence-corrected chi connectivity index (χ4v) is 6.07. The summed E-state index contributed by atoms with van der Waals surface area (Å²) in [6.45, 7) is 7.55. The van der Waals surface area contributed by atoms with E-state index in [0.29, 0.717) is 29.4 Å². The van der Waals surface area contributed by atoms with Crippen LogP contribution >= 0.6 is 0 Å². The highest BCUT2D eigenvalue weighted by molar-refractivity contribution is 7.92. The van der Waals surface area contributed by atoms with Crippen LogP contribution in [0.5, 0.6) is 5.75 Å². The third-order valence-corrected chi connectivity index (χ3v) is 8.04. The van der Waals surface area contributed by atoms with Gasteiger partial charge in [-0.15, -0.1) is 0 Å². The van der Waals surface area contributed by atoms with Crippen LogP contribution in [-0.2, 0) is 24.8 Å². The van der Waals surface area contributed by atoms with Crippen molar-refractivity contribution in [2.45, 2.75) is 38.6 Å². The van der Waals surface area contributed by atoms with Crippen LogP contribution in [0.3, 0.4) is 0 Å². The molecule has 1 atom stereocenters. The van der Waals surface area contributed by atoms with Gasteiger partial charge >= 0.3 is 0 Å². The molecule has 3 rings (SSSR count). The van der Waals surface area contributed by atoms with E-state index in [2.05, 4.69) is 10.0 Å². The molecule has 3 aromatic carbocycles. The van der Waals surface area contributed by atoms with E-state index < -0.39 is 32.0 Å². The molecule has 1 amide bonds. The van der Waals surface area contributed by atoms with Crippen molar-refractivity contribution in [1.29, 1.82) is 0 Å². The average molecular weight is 546 g/mol. The maximum Gasteiger partial charge on any atom is 0.261 e. The van der Waals surface area contributed by atoms with Gasteiger partial charge in [0.1, 0.15) is 11.8 Å². The second kappa shape index (κ2) is 11.2. The Labute approximate surface area is 218 Å². The Balaban J connectivity index is 1.75. The minimum absolute atomic E-state index is 0.000399. The maximum atomic E-state index is 13.0. The first-order valence-corrected chi connectivity index (χ1v) is 14.9. The third-order valence-electron chi connectivity index (χ3n) is 5.40. The van der Waals surface area contributed by atoms with Crippen molar-refractivity contribution < 1.29 is 26.4 Å². The van der Waals surface area contributed by atoms with Crippen LogP contribution in [0.4, 0.5) is 17.1 Å². The van der Waals surface area contributed by atoms with Gasteiger partial charge in [-0.25, -0.2) is 16.8 Å². The van der Waals surface area contributed by atoms with Crippen molar-refractivity contribution in [3.8, 4) is 5.75 Å². The first-order chi connectivity index (χ1) is 17.3. The van der Waals surface area contributed by atoms with E-state index in [9.17, 15) is 21.6 Å². The number of carbonyl (C=O) groups excluding carboxylic acids is 1. The van der Waals surface area contributed by atoms with Gasteiger partial charge in [0.2, 0.25) is 15.9 Å². The summed E-state index contributed by atoms with van der Waals surface area (Å²) in [5.74, 6) is 0.0689. The van der Waals surface area contributed by atoms with E-state index in [1.54, 1.807) is 36.4 Å². The molecule has 0 aliphatic carbocycles. The summed E-state index contributed by atoms with van der Waals surface area (Å²) in [6.07, 6.45) is 1.05. The molecule has 198 valence electrons. The molecule has 0 saturated heterocycles. The van der Waals surface area contributed by atoms with E-state index in [-0.39, 0.29) is 4.90 Å². The number of benzene rings is 3. The van der Waals surface area contributed by atoms with E-state index in [0.717, 1.165) is 21.7 Å².